The topological polar surface area (TPSA) is 18.5 Å². The van der Waals surface area contributed by atoms with Gasteiger partial charge in [0.15, 0.2) is 0 Å². The number of aryl methyl sites for hydroxylation is 1. The first-order chi connectivity index (χ1) is 10.1. The maximum atomic E-state index is 3.47. The summed E-state index contributed by atoms with van der Waals surface area (Å²) in [6, 6.07) is 10.1. The molecule has 3 heteroatoms. The number of hydrogen-bond acceptors (Lipinski definition) is 3. The van der Waals surface area contributed by atoms with Crippen molar-refractivity contribution in [1.82, 2.24) is 15.1 Å². The Hall–Kier alpha value is -0.900. The number of rotatable bonds is 6. The molecule has 0 saturated carbocycles. The summed E-state index contributed by atoms with van der Waals surface area (Å²) >= 11 is 0. The lowest BCUT2D eigenvalue weighted by atomic mass is 10.0. The Morgan fingerprint density at radius 2 is 1.86 bits per heavy atom. The summed E-state index contributed by atoms with van der Waals surface area (Å²) in [5.74, 6) is 0. The zero-order chi connectivity index (χ0) is 15.2. The van der Waals surface area contributed by atoms with Gasteiger partial charge in [0.05, 0.1) is 0 Å². The van der Waals surface area contributed by atoms with Gasteiger partial charge in [0.1, 0.15) is 0 Å². The highest BCUT2D eigenvalue weighted by Crippen LogP contribution is 2.20. The molecule has 0 spiro atoms. The van der Waals surface area contributed by atoms with E-state index in [0.29, 0.717) is 6.04 Å². The zero-order valence-corrected chi connectivity index (χ0v) is 14.1. The molecule has 21 heavy (non-hydrogen) atoms. The Labute approximate surface area is 130 Å². The monoisotopic (exact) mass is 289 g/mol. The van der Waals surface area contributed by atoms with Gasteiger partial charge in [-0.15, -0.1) is 0 Å². The number of piperidine rings is 1. The maximum Gasteiger partial charge on any atom is 0.0329 e. The van der Waals surface area contributed by atoms with Crippen LogP contribution in [0.3, 0.4) is 0 Å². The van der Waals surface area contributed by atoms with E-state index in [0.717, 1.165) is 12.6 Å². The molecule has 0 bridgehead atoms. The Morgan fingerprint density at radius 1 is 1.24 bits per heavy atom. The molecule has 1 unspecified atom stereocenters. The predicted octanol–water partition coefficient (Wildman–Crippen LogP) is 2.67. The van der Waals surface area contributed by atoms with Crippen molar-refractivity contribution in [3.05, 3.63) is 35.4 Å². The number of likely N-dealkylation sites (tertiary alicyclic amines) is 1. The van der Waals surface area contributed by atoms with Gasteiger partial charge < -0.3 is 15.1 Å². The summed E-state index contributed by atoms with van der Waals surface area (Å²) in [5.41, 5.74) is 2.73. The fraction of sp³-hybridized carbons (Fsp3) is 0.667. The van der Waals surface area contributed by atoms with Crippen molar-refractivity contribution < 1.29 is 0 Å². The molecular weight excluding hydrogens is 258 g/mol. The minimum Gasteiger partial charge on any atom is -0.313 e. The molecule has 118 valence electrons. The number of nitrogens with zero attached hydrogens (tertiary/aromatic N) is 2. The van der Waals surface area contributed by atoms with Crippen LogP contribution in [-0.2, 0) is 0 Å². The quantitative estimate of drug-likeness (QED) is 0.868. The van der Waals surface area contributed by atoms with Crippen molar-refractivity contribution in [2.45, 2.75) is 38.3 Å². The summed E-state index contributed by atoms with van der Waals surface area (Å²) in [7, 11) is 6.59. The highest BCUT2D eigenvalue weighted by molar-refractivity contribution is 5.24. The second-order valence-electron chi connectivity index (χ2n) is 6.56. The third-order valence-electron chi connectivity index (χ3n) is 4.91. The van der Waals surface area contributed by atoms with Crippen molar-refractivity contribution in [2.75, 3.05) is 40.8 Å². The van der Waals surface area contributed by atoms with E-state index in [1.165, 1.54) is 43.5 Å². The molecule has 1 N–H and O–H groups in total. The van der Waals surface area contributed by atoms with Crippen LogP contribution in [0.4, 0.5) is 0 Å². The molecule has 3 nitrogen and oxygen atoms in total. The van der Waals surface area contributed by atoms with Crippen LogP contribution < -0.4 is 5.32 Å². The van der Waals surface area contributed by atoms with Crippen molar-refractivity contribution in [2.24, 2.45) is 0 Å². The number of nitrogens with one attached hydrogen (secondary N) is 1. The molecule has 1 aromatic rings. The summed E-state index contributed by atoms with van der Waals surface area (Å²) in [6.07, 6.45) is 3.78. The van der Waals surface area contributed by atoms with Crippen LogP contribution in [0.15, 0.2) is 24.3 Å². The normalized spacial score (nSPS) is 19.1. The first-order valence-electron chi connectivity index (χ1n) is 8.22. The zero-order valence-electron chi connectivity index (χ0n) is 14.1. The largest absolute Gasteiger partial charge is 0.313 e. The second-order valence-corrected chi connectivity index (χ2v) is 6.56. The minimum atomic E-state index is 0.458. The van der Waals surface area contributed by atoms with E-state index in [2.05, 4.69) is 67.4 Å². The molecule has 1 aliphatic rings. The third-order valence-corrected chi connectivity index (χ3v) is 4.91. The molecule has 0 amide bonds. The molecule has 1 saturated heterocycles. The molecule has 1 heterocycles. The van der Waals surface area contributed by atoms with Gasteiger partial charge in [-0.05, 0) is 72.5 Å². The smallest absolute Gasteiger partial charge is 0.0329 e. The maximum absolute atomic E-state index is 3.47. The van der Waals surface area contributed by atoms with Gasteiger partial charge in [-0.2, -0.15) is 0 Å². The summed E-state index contributed by atoms with van der Waals surface area (Å²) < 4.78 is 0. The van der Waals surface area contributed by atoms with Crippen molar-refractivity contribution in [3.8, 4) is 0 Å². The average Bonchev–Trinajstić information content (AvgIpc) is 2.50. The lowest BCUT2D eigenvalue weighted by Gasteiger charge is -2.35. The van der Waals surface area contributed by atoms with E-state index < -0.39 is 0 Å². The molecule has 1 atom stereocenters. The van der Waals surface area contributed by atoms with Gasteiger partial charge in [-0.25, -0.2) is 0 Å². The van der Waals surface area contributed by atoms with Crippen LogP contribution in [0, 0.1) is 6.92 Å². The highest BCUT2D eigenvalue weighted by atomic mass is 15.2. The van der Waals surface area contributed by atoms with Crippen molar-refractivity contribution in [3.63, 3.8) is 0 Å². The lowest BCUT2D eigenvalue weighted by molar-refractivity contribution is 0.140. The average molecular weight is 289 g/mol. The molecular formula is C18H31N3. The predicted molar refractivity (Wildman–Crippen MR) is 90.7 cm³/mol. The standard InChI is InChI=1S/C18H31N3/c1-15-5-7-16(8-6-15)18(19-2)11-14-21(4)17-9-12-20(3)13-10-17/h5-8,17-19H,9-14H2,1-4H3. The molecule has 1 aromatic carbocycles. The van der Waals surface area contributed by atoms with Gasteiger partial charge >= 0.3 is 0 Å². The van der Waals surface area contributed by atoms with Gasteiger partial charge in [-0.1, -0.05) is 29.8 Å². The Bertz CT molecular complexity index is 407. The van der Waals surface area contributed by atoms with Crippen LogP contribution in [-0.4, -0.2) is 56.6 Å². The van der Waals surface area contributed by atoms with Gasteiger partial charge in [0, 0.05) is 12.1 Å². The van der Waals surface area contributed by atoms with Crippen LogP contribution in [0.25, 0.3) is 0 Å². The fourth-order valence-corrected chi connectivity index (χ4v) is 3.23. The van der Waals surface area contributed by atoms with E-state index in [1.807, 2.05) is 0 Å². The molecule has 0 radical (unpaired) electrons. The number of hydrogen-bond donors (Lipinski definition) is 1. The molecule has 1 fully saturated rings. The van der Waals surface area contributed by atoms with Crippen LogP contribution in [0.5, 0.6) is 0 Å². The SMILES string of the molecule is CNC(CCN(C)C1CCN(C)CC1)c1ccc(C)cc1. The number of benzene rings is 1. The van der Waals surface area contributed by atoms with Crippen molar-refractivity contribution >= 4 is 0 Å². The first-order valence-corrected chi connectivity index (χ1v) is 8.22. The van der Waals surface area contributed by atoms with E-state index >= 15 is 0 Å². The molecule has 0 aliphatic carbocycles. The molecule has 1 aliphatic heterocycles. The third kappa shape index (κ3) is 4.80. The second kappa shape index (κ2) is 7.92. The fourth-order valence-electron chi connectivity index (χ4n) is 3.23. The Balaban J connectivity index is 1.83. The van der Waals surface area contributed by atoms with Gasteiger partial charge in [0.2, 0.25) is 0 Å². The summed E-state index contributed by atoms with van der Waals surface area (Å²) in [5, 5.41) is 3.47. The van der Waals surface area contributed by atoms with Crippen LogP contribution in [0.2, 0.25) is 0 Å². The summed E-state index contributed by atoms with van der Waals surface area (Å²) in [4.78, 5) is 5.00. The van der Waals surface area contributed by atoms with Gasteiger partial charge in [-0.3, -0.25) is 0 Å². The van der Waals surface area contributed by atoms with E-state index in [4.69, 9.17) is 0 Å². The Kier molecular flexibility index (Phi) is 6.22. The van der Waals surface area contributed by atoms with Crippen LogP contribution in [0.1, 0.15) is 36.4 Å². The lowest BCUT2D eigenvalue weighted by Crippen LogP contribution is -2.42. The Morgan fingerprint density at radius 3 is 2.43 bits per heavy atom. The van der Waals surface area contributed by atoms with E-state index in [-0.39, 0.29) is 0 Å². The van der Waals surface area contributed by atoms with E-state index in [9.17, 15) is 0 Å². The molecule has 0 aromatic heterocycles. The first kappa shape index (κ1) is 16.5. The van der Waals surface area contributed by atoms with Gasteiger partial charge in [0.25, 0.3) is 0 Å². The highest BCUT2D eigenvalue weighted by Gasteiger charge is 2.21. The van der Waals surface area contributed by atoms with E-state index in [1.54, 1.807) is 0 Å². The van der Waals surface area contributed by atoms with Crippen LogP contribution >= 0.6 is 0 Å². The molecule has 2 rings (SSSR count). The summed E-state index contributed by atoms with van der Waals surface area (Å²) in [6.45, 7) is 5.78. The van der Waals surface area contributed by atoms with Crippen molar-refractivity contribution in [1.29, 1.82) is 0 Å². The minimum absolute atomic E-state index is 0.458.